The van der Waals surface area contributed by atoms with E-state index in [2.05, 4.69) is 39.9 Å². The molecular weight excluding hydrogens is 392 g/mol. The van der Waals surface area contributed by atoms with Gasteiger partial charge in [0, 0.05) is 31.9 Å². The Morgan fingerprint density at radius 3 is 2.57 bits per heavy atom. The van der Waals surface area contributed by atoms with Crippen molar-refractivity contribution in [1.82, 2.24) is 9.88 Å². The minimum Gasteiger partial charge on any atom is -0.364 e. The highest BCUT2D eigenvalue weighted by Crippen LogP contribution is 2.39. The number of likely N-dealkylation sites (N-methyl/N-ethyl adjacent to an activating group) is 1. The Morgan fingerprint density at radius 2 is 1.93 bits per heavy atom. The molecule has 2 aromatic rings. The number of anilines is 1. The number of nitrogens with two attached hydrogens (primary N) is 1. The molecule has 0 aliphatic carbocycles. The van der Waals surface area contributed by atoms with Crippen molar-refractivity contribution in [3.8, 4) is 6.07 Å². The molecule has 30 heavy (non-hydrogen) atoms. The zero-order valence-electron chi connectivity index (χ0n) is 17.7. The number of aromatic nitrogens is 1. The van der Waals surface area contributed by atoms with Crippen molar-refractivity contribution in [2.24, 2.45) is 5.73 Å². The number of thioether (sulfide) groups is 1. The summed E-state index contributed by atoms with van der Waals surface area (Å²) in [7, 11) is 2.13. The Bertz CT molecular complexity index is 958. The van der Waals surface area contributed by atoms with E-state index >= 15 is 0 Å². The van der Waals surface area contributed by atoms with Gasteiger partial charge in [-0.1, -0.05) is 31.2 Å². The lowest BCUT2D eigenvalue weighted by atomic mass is 10.1. The first kappa shape index (κ1) is 22.1. The van der Waals surface area contributed by atoms with Gasteiger partial charge in [0.1, 0.15) is 16.9 Å². The minimum absolute atomic E-state index is 0.528. The lowest BCUT2D eigenvalue weighted by Crippen LogP contribution is -2.29. The summed E-state index contributed by atoms with van der Waals surface area (Å²) in [5, 5.41) is 10.6. The number of rotatable bonds is 6. The van der Waals surface area contributed by atoms with Gasteiger partial charge < -0.3 is 15.5 Å². The Balaban J connectivity index is 1.96. The van der Waals surface area contributed by atoms with Crippen LogP contribution >= 0.6 is 11.8 Å². The van der Waals surface area contributed by atoms with E-state index in [1.165, 1.54) is 0 Å². The van der Waals surface area contributed by atoms with Gasteiger partial charge in [0.15, 0.2) is 0 Å². The summed E-state index contributed by atoms with van der Waals surface area (Å²) < 4.78 is 0. The number of benzene rings is 1. The molecule has 1 fully saturated rings. The molecule has 1 aliphatic rings. The van der Waals surface area contributed by atoms with Crippen molar-refractivity contribution in [3.05, 3.63) is 57.9 Å². The van der Waals surface area contributed by atoms with E-state index < -0.39 is 0 Å². The monoisotopic (exact) mass is 420 g/mol. The second-order valence-corrected chi connectivity index (χ2v) is 8.44. The van der Waals surface area contributed by atoms with Crippen LogP contribution in [-0.2, 0) is 18.7 Å². The lowest BCUT2D eigenvalue weighted by Gasteiger charge is -2.25. The van der Waals surface area contributed by atoms with Crippen LogP contribution in [0, 0.1) is 17.9 Å². The predicted molar refractivity (Wildman–Crippen MR) is 123 cm³/mol. The molecule has 156 valence electrons. The first-order valence-corrected chi connectivity index (χ1v) is 11.3. The molecule has 0 amide bonds. The summed E-state index contributed by atoms with van der Waals surface area (Å²) >= 11 is 1.57. The average Bonchev–Trinajstić information content (AvgIpc) is 3.00. The van der Waals surface area contributed by atoms with E-state index in [1.807, 2.05) is 19.1 Å². The van der Waals surface area contributed by atoms with E-state index in [9.17, 15) is 5.26 Å². The van der Waals surface area contributed by atoms with Gasteiger partial charge in [0.25, 0.3) is 0 Å². The third-order valence-electron chi connectivity index (χ3n) is 5.45. The van der Waals surface area contributed by atoms with E-state index in [-0.39, 0.29) is 0 Å². The van der Waals surface area contributed by atoms with Crippen molar-refractivity contribution >= 4 is 23.3 Å². The number of pyridine rings is 1. The van der Waals surface area contributed by atoms with Gasteiger partial charge in [-0.05, 0) is 43.1 Å². The average molecular weight is 421 g/mol. The third kappa shape index (κ3) is 4.94. The van der Waals surface area contributed by atoms with Crippen LogP contribution in [0.1, 0.15) is 35.6 Å². The fourth-order valence-corrected chi connectivity index (χ4v) is 4.63. The fourth-order valence-electron chi connectivity index (χ4n) is 3.67. The van der Waals surface area contributed by atoms with Gasteiger partial charge in [0.2, 0.25) is 5.69 Å². The molecule has 7 heteroatoms. The summed E-state index contributed by atoms with van der Waals surface area (Å²) in [5.74, 6) is 1.45. The second-order valence-electron chi connectivity index (χ2n) is 7.47. The summed E-state index contributed by atoms with van der Waals surface area (Å²) in [6.45, 7) is 14.0. The molecule has 1 aromatic carbocycles. The Hall–Kier alpha value is -2.58. The van der Waals surface area contributed by atoms with Crippen molar-refractivity contribution in [3.63, 3.8) is 0 Å². The smallest absolute Gasteiger partial charge is 0.232 e. The summed E-state index contributed by atoms with van der Waals surface area (Å²) in [4.78, 5) is 13.2. The highest BCUT2D eigenvalue weighted by Gasteiger charge is 2.24. The molecule has 0 radical (unpaired) electrons. The predicted octanol–water partition coefficient (Wildman–Crippen LogP) is 3.96. The van der Waals surface area contributed by atoms with Crippen molar-refractivity contribution in [1.29, 1.82) is 5.26 Å². The van der Waals surface area contributed by atoms with Crippen molar-refractivity contribution in [2.75, 3.05) is 38.1 Å². The van der Waals surface area contributed by atoms with Crippen molar-refractivity contribution in [2.45, 2.75) is 37.1 Å². The van der Waals surface area contributed by atoms with E-state index in [0.717, 1.165) is 65.9 Å². The van der Waals surface area contributed by atoms with Crippen LogP contribution in [-0.4, -0.2) is 43.1 Å². The molecule has 0 saturated carbocycles. The molecule has 0 atom stereocenters. The minimum atomic E-state index is 0.528. The molecule has 1 aromatic heterocycles. The summed E-state index contributed by atoms with van der Waals surface area (Å²) in [5.41, 5.74) is 9.84. The molecule has 0 bridgehead atoms. The van der Waals surface area contributed by atoms with Crippen LogP contribution in [0.4, 0.5) is 11.5 Å². The van der Waals surface area contributed by atoms with Crippen LogP contribution in [0.5, 0.6) is 0 Å². The van der Waals surface area contributed by atoms with Gasteiger partial charge in [-0.15, -0.1) is 11.8 Å². The van der Waals surface area contributed by atoms with Gasteiger partial charge in [-0.25, -0.2) is 9.83 Å². The number of hydrogen-bond acceptors (Lipinski definition) is 6. The van der Waals surface area contributed by atoms with Crippen LogP contribution in [0.25, 0.3) is 4.85 Å². The highest BCUT2D eigenvalue weighted by molar-refractivity contribution is 7.98. The maximum absolute atomic E-state index is 9.86. The first-order chi connectivity index (χ1) is 14.6. The van der Waals surface area contributed by atoms with Gasteiger partial charge in [-0.2, -0.15) is 5.26 Å². The highest BCUT2D eigenvalue weighted by atomic mass is 32.2. The molecule has 1 aliphatic heterocycles. The molecule has 6 nitrogen and oxygen atoms in total. The summed E-state index contributed by atoms with van der Waals surface area (Å²) in [6, 6.07) is 10.5. The number of hydrogen-bond donors (Lipinski definition) is 1. The molecule has 0 unspecified atom stereocenters. The molecule has 3 rings (SSSR count). The molecule has 2 N–H and O–H groups in total. The summed E-state index contributed by atoms with van der Waals surface area (Å²) in [6.07, 6.45) is 1.68. The van der Waals surface area contributed by atoms with E-state index in [4.69, 9.17) is 17.3 Å². The number of nitriles is 1. The van der Waals surface area contributed by atoms with Crippen LogP contribution in [0.2, 0.25) is 0 Å². The quantitative estimate of drug-likeness (QED) is 0.563. The van der Waals surface area contributed by atoms with Crippen LogP contribution in [0.15, 0.2) is 29.3 Å². The van der Waals surface area contributed by atoms with Crippen molar-refractivity contribution < 1.29 is 0 Å². The number of nitrogens with zero attached hydrogens (tertiary/aromatic N) is 5. The third-order valence-corrected chi connectivity index (χ3v) is 6.50. The lowest BCUT2D eigenvalue weighted by molar-refractivity contribution is 0.360. The zero-order chi connectivity index (χ0) is 21.5. The van der Waals surface area contributed by atoms with Gasteiger partial charge in [-0.3, -0.25) is 0 Å². The zero-order valence-corrected chi connectivity index (χ0v) is 18.5. The van der Waals surface area contributed by atoms with Crippen LogP contribution in [0.3, 0.4) is 0 Å². The fraction of sp³-hybridized carbons (Fsp3) is 0.435. The topological polar surface area (TPSA) is 73.5 Å². The van der Waals surface area contributed by atoms with E-state index in [1.54, 1.807) is 11.8 Å². The Labute approximate surface area is 183 Å². The van der Waals surface area contributed by atoms with Crippen LogP contribution < -0.4 is 10.6 Å². The maximum atomic E-state index is 9.86. The standard InChI is InChI=1S/C23H28N6S/c1-4-19-20(15-25)23(30-16-18-8-6-17(14-24)7-9-18)27-22(21(19)26-2)29-11-5-10-28(3)12-13-29/h6-9H,4-5,10-14,16,24H2,1,3H3. The SMILES string of the molecule is [C-]#[N+]c1c(N2CCCN(C)CC2)nc(SCc2ccc(CN)cc2)c(C#N)c1CC. The van der Waals surface area contributed by atoms with E-state index in [0.29, 0.717) is 24.2 Å². The molecule has 0 spiro atoms. The molecule has 1 saturated heterocycles. The Morgan fingerprint density at radius 1 is 1.20 bits per heavy atom. The van der Waals surface area contributed by atoms with Gasteiger partial charge >= 0.3 is 0 Å². The molecular formula is C23H28N6S. The normalized spacial score (nSPS) is 14.8. The molecule has 2 heterocycles. The van der Waals surface area contributed by atoms with Gasteiger partial charge in [0.05, 0.1) is 12.1 Å². The maximum Gasteiger partial charge on any atom is 0.232 e. The Kier molecular flexibility index (Phi) is 7.70. The second kappa shape index (κ2) is 10.4. The first-order valence-electron chi connectivity index (χ1n) is 10.3. The largest absolute Gasteiger partial charge is 0.364 e.